The Morgan fingerprint density at radius 3 is 2.55 bits per heavy atom. The van der Waals surface area contributed by atoms with Crippen LogP contribution in [0.15, 0.2) is 72.4 Å². The summed E-state index contributed by atoms with van der Waals surface area (Å²) >= 11 is 0. The number of nitrogens with one attached hydrogen (secondary N) is 1. The molecule has 2 aromatic carbocycles. The molecule has 0 bridgehead atoms. The summed E-state index contributed by atoms with van der Waals surface area (Å²) in [7, 11) is -5.46. The van der Waals surface area contributed by atoms with E-state index in [-0.39, 0.29) is 18.7 Å². The number of phosphoric acid groups is 1. The summed E-state index contributed by atoms with van der Waals surface area (Å²) in [5.74, 6) is -1.05. The number of pyridine rings is 1. The Balaban J connectivity index is 1.55. The average molecular weight is 573 g/mol. The number of amides is 1. The molecule has 2 atom stereocenters. The van der Waals surface area contributed by atoms with Crippen LogP contribution in [0, 0.1) is 12.8 Å². The van der Waals surface area contributed by atoms with Gasteiger partial charge in [-0.1, -0.05) is 42.0 Å². The van der Waals surface area contributed by atoms with Crippen molar-refractivity contribution in [2.45, 2.75) is 50.8 Å². The predicted octanol–water partition coefficient (Wildman–Crippen LogP) is 6.41. The molecule has 0 aliphatic heterocycles. The standard InChI is InChI=1S/C29H28F3N2O5P/c1-18-25(8-5-13-33-18)34-27(35)21-11-12-24-20(15-21)9-10-22-16-28(29(30,31)32,39-40(36,37)38)17-23(26(22)24)14-19-6-3-2-4-7-19/h2-8,11-13,15,23H,9-10,14,16-17H2,1H3,(H,34,35)(H2,36,37,38)/t23-,28+/m1/s1. The molecule has 3 aromatic rings. The molecule has 1 amide bonds. The summed E-state index contributed by atoms with van der Waals surface area (Å²) in [5.41, 5.74) is 2.23. The second kappa shape index (κ2) is 10.6. The van der Waals surface area contributed by atoms with Gasteiger partial charge in [0.1, 0.15) is 0 Å². The van der Waals surface area contributed by atoms with Crippen LogP contribution in [-0.4, -0.2) is 32.5 Å². The van der Waals surface area contributed by atoms with Gasteiger partial charge < -0.3 is 15.1 Å². The number of hydrogen-bond donors (Lipinski definition) is 3. The van der Waals surface area contributed by atoms with E-state index in [2.05, 4.69) is 14.8 Å². The molecule has 0 radical (unpaired) electrons. The number of rotatable bonds is 6. The van der Waals surface area contributed by atoms with Crippen LogP contribution >= 0.6 is 7.82 Å². The van der Waals surface area contributed by atoms with Crippen LogP contribution < -0.4 is 5.32 Å². The molecule has 3 N–H and O–H groups in total. The number of benzene rings is 2. The number of anilines is 1. The van der Waals surface area contributed by atoms with Crippen LogP contribution in [0.25, 0.3) is 5.57 Å². The zero-order chi connectivity index (χ0) is 28.7. The first-order valence-electron chi connectivity index (χ1n) is 12.8. The maximum absolute atomic E-state index is 14.5. The number of aromatic nitrogens is 1. The molecule has 1 heterocycles. The molecule has 0 fully saturated rings. The maximum atomic E-state index is 14.5. The quantitative estimate of drug-likeness (QED) is 0.295. The van der Waals surface area contributed by atoms with Gasteiger partial charge in [0, 0.05) is 18.2 Å². The van der Waals surface area contributed by atoms with Crippen molar-refractivity contribution < 1.29 is 36.8 Å². The first kappa shape index (κ1) is 28.2. The van der Waals surface area contributed by atoms with E-state index in [1.54, 1.807) is 55.6 Å². The molecule has 0 spiro atoms. The van der Waals surface area contributed by atoms with Crippen molar-refractivity contribution in [3.8, 4) is 0 Å². The van der Waals surface area contributed by atoms with Gasteiger partial charge in [-0.15, -0.1) is 0 Å². The topological polar surface area (TPSA) is 109 Å². The Morgan fingerprint density at radius 1 is 1.12 bits per heavy atom. The molecular weight excluding hydrogens is 544 g/mol. The molecular formula is C29H28F3N2O5P. The van der Waals surface area contributed by atoms with Crippen LogP contribution in [0.4, 0.5) is 18.9 Å². The molecule has 210 valence electrons. The Kier molecular flexibility index (Phi) is 7.48. The third-order valence-corrected chi connectivity index (χ3v) is 8.20. The molecule has 1 aromatic heterocycles. The number of nitrogens with zero attached hydrogens (tertiary/aromatic N) is 1. The van der Waals surface area contributed by atoms with Gasteiger partial charge in [0.05, 0.1) is 11.4 Å². The first-order valence-corrected chi connectivity index (χ1v) is 14.3. The Bertz CT molecular complexity index is 1520. The van der Waals surface area contributed by atoms with Crippen molar-refractivity contribution in [2.24, 2.45) is 5.92 Å². The van der Waals surface area contributed by atoms with Crippen molar-refractivity contribution in [1.82, 2.24) is 4.98 Å². The molecule has 2 aliphatic carbocycles. The van der Waals surface area contributed by atoms with Crippen molar-refractivity contribution in [3.05, 3.63) is 100 Å². The second-order valence-electron chi connectivity index (χ2n) is 10.3. The summed E-state index contributed by atoms with van der Waals surface area (Å²) in [6.07, 6.45) is -3.82. The van der Waals surface area contributed by atoms with Crippen LogP contribution in [0.1, 0.15) is 52.0 Å². The number of alkyl halides is 3. The number of aryl methyl sites for hydroxylation is 2. The van der Waals surface area contributed by atoms with E-state index in [4.69, 9.17) is 0 Å². The van der Waals surface area contributed by atoms with Crippen molar-refractivity contribution >= 4 is 25.0 Å². The number of halogens is 3. The average Bonchev–Trinajstić information content (AvgIpc) is 2.88. The largest absolute Gasteiger partial charge is 0.470 e. The molecule has 0 saturated carbocycles. The van der Waals surface area contributed by atoms with Gasteiger partial charge in [0.15, 0.2) is 5.60 Å². The highest BCUT2D eigenvalue weighted by Gasteiger charge is 2.62. The van der Waals surface area contributed by atoms with E-state index in [1.165, 1.54) is 0 Å². The minimum absolute atomic E-state index is 0.226. The molecule has 11 heteroatoms. The predicted molar refractivity (Wildman–Crippen MR) is 143 cm³/mol. The zero-order valence-electron chi connectivity index (χ0n) is 21.6. The Labute approximate surface area is 229 Å². The summed E-state index contributed by atoms with van der Waals surface area (Å²) in [5, 5.41) is 2.85. The lowest BCUT2D eigenvalue weighted by atomic mass is 9.66. The fourth-order valence-electron chi connectivity index (χ4n) is 5.87. The summed E-state index contributed by atoms with van der Waals surface area (Å²) < 4.78 is 59.9. The van der Waals surface area contributed by atoms with E-state index in [9.17, 15) is 32.3 Å². The van der Waals surface area contributed by atoms with E-state index < -0.39 is 38.4 Å². The highest BCUT2D eigenvalue weighted by molar-refractivity contribution is 7.46. The second-order valence-corrected chi connectivity index (χ2v) is 11.5. The fraction of sp³-hybridized carbons (Fsp3) is 0.310. The number of allylic oxidation sites excluding steroid dienone is 1. The van der Waals surface area contributed by atoms with Crippen LogP contribution in [0.5, 0.6) is 0 Å². The van der Waals surface area contributed by atoms with Gasteiger partial charge >= 0.3 is 14.0 Å². The van der Waals surface area contributed by atoms with E-state index in [0.717, 1.165) is 22.3 Å². The van der Waals surface area contributed by atoms with Gasteiger partial charge in [0.2, 0.25) is 0 Å². The SMILES string of the molecule is Cc1ncccc1NC(=O)c1ccc2c(c1)CCC1=C2[C@H](Cc2ccccc2)C[C@](OP(=O)(O)O)(C(F)(F)F)C1. The number of carbonyl (C=O) groups is 1. The van der Waals surface area contributed by atoms with Gasteiger partial charge in [-0.25, -0.2) is 4.57 Å². The number of hydrogen-bond acceptors (Lipinski definition) is 4. The van der Waals surface area contributed by atoms with Crippen LogP contribution in [-0.2, 0) is 21.9 Å². The fourth-order valence-corrected chi connectivity index (χ4v) is 6.57. The molecule has 7 nitrogen and oxygen atoms in total. The van der Waals surface area contributed by atoms with Crippen LogP contribution in [0.3, 0.4) is 0 Å². The third-order valence-electron chi connectivity index (χ3n) is 7.61. The van der Waals surface area contributed by atoms with Crippen molar-refractivity contribution in [1.29, 1.82) is 0 Å². The van der Waals surface area contributed by atoms with Gasteiger partial charge in [0.25, 0.3) is 5.91 Å². The van der Waals surface area contributed by atoms with Crippen LogP contribution in [0.2, 0.25) is 0 Å². The number of phosphoric ester groups is 1. The highest BCUT2D eigenvalue weighted by Crippen LogP contribution is 2.58. The minimum Gasteiger partial charge on any atom is -0.320 e. The molecule has 0 unspecified atom stereocenters. The van der Waals surface area contributed by atoms with Crippen molar-refractivity contribution in [3.63, 3.8) is 0 Å². The minimum atomic E-state index is -5.46. The Hall–Kier alpha value is -3.30. The van der Waals surface area contributed by atoms with Gasteiger partial charge in [-0.2, -0.15) is 13.2 Å². The highest BCUT2D eigenvalue weighted by atomic mass is 31.2. The van der Waals surface area contributed by atoms with E-state index in [1.807, 2.05) is 18.2 Å². The lowest BCUT2D eigenvalue weighted by Crippen LogP contribution is -2.51. The van der Waals surface area contributed by atoms with Crippen molar-refractivity contribution in [2.75, 3.05) is 5.32 Å². The van der Waals surface area contributed by atoms with E-state index >= 15 is 0 Å². The van der Waals surface area contributed by atoms with Gasteiger partial charge in [-0.05, 0) is 85.1 Å². The lowest BCUT2D eigenvalue weighted by Gasteiger charge is -2.45. The normalized spacial score (nSPS) is 21.0. The smallest absolute Gasteiger partial charge is 0.320 e. The molecule has 0 saturated heterocycles. The Morgan fingerprint density at radius 2 is 1.88 bits per heavy atom. The third kappa shape index (κ3) is 5.76. The molecule has 40 heavy (non-hydrogen) atoms. The monoisotopic (exact) mass is 572 g/mol. The summed E-state index contributed by atoms with van der Waals surface area (Å²) in [4.78, 5) is 36.1. The maximum Gasteiger partial charge on any atom is 0.470 e. The summed E-state index contributed by atoms with van der Waals surface area (Å²) in [6.45, 7) is 1.78. The first-order chi connectivity index (χ1) is 18.9. The summed E-state index contributed by atoms with van der Waals surface area (Å²) in [6, 6.07) is 17.6. The molecule has 2 aliphatic rings. The lowest BCUT2D eigenvalue weighted by molar-refractivity contribution is -0.259. The van der Waals surface area contributed by atoms with Gasteiger partial charge in [-0.3, -0.25) is 14.3 Å². The van der Waals surface area contributed by atoms with E-state index in [0.29, 0.717) is 28.9 Å². The number of fused-ring (bicyclic) bond motifs is 2. The molecule has 5 rings (SSSR count). The zero-order valence-corrected chi connectivity index (χ0v) is 22.5. The number of carbonyl (C=O) groups excluding carboxylic acids is 1.